The molecule has 0 aliphatic rings. The van der Waals surface area contributed by atoms with E-state index < -0.39 is 35.1 Å². The van der Waals surface area contributed by atoms with Crippen molar-refractivity contribution in [1.29, 1.82) is 0 Å². The van der Waals surface area contributed by atoms with Crippen molar-refractivity contribution in [1.82, 2.24) is 5.32 Å². The number of hydrogen-bond donors (Lipinski definition) is 2. The van der Waals surface area contributed by atoms with E-state index in [9.17, 15) is 27.5 Å². The Labute approximate surface area is 113 Å². The summed E-state index contributed by atoms with van der Waals surface area (Å²) in [5.41, 5.74) is -1.65. The molecule has 1 aromatic carbocycles. The molecule has 0 radical (unpaired) electrons. The largest absolute Gasteiger partial charge is 0.416 e. The predicted molar refractivity (Wildman–Crippen MR) is 64.7 cm³/mol. The molecule has 0 bridgehead atoms. The van der Waals surface area contributed by atoms with Crippen LogP contribution >= 0.6 is 0 Å². The van der Waals surface area contributed by atoms with Gasteiger partial charge in [-0.15, -0.1) is 0 Å². The summed E-state index contributed by atoms with van der Waals surface area (Å²) in [6, 6.07) is 1.62. The third-order valence-electron chi connectivity index (χ3n) is 2.61. The standard InChI is InChI=1S/C13H15F4NO2/c1-2-3-11(19)7-18-12(20)8-4-9(13(15,16)17)6-10(14)5-8/h4-6,11,19H,2-3,7H2,1H3,(H,18,20). The molecular formula is C13H15F4NO2. The minimum absolute atomic E-state index is 0.0927. The van der Waals surface area contributed by atoms with Gasteiger partial charge in [-0.3, -0.25) is 4.79 Å². The first-order valence-corrected chi connectivity index (χ1v) is 6.08. The molecule has 0 heterocycles. The van der Waals surface area contributed by atoms with Gasteiger partial charge in [-0.2, -0.15) is 13.2 Å². The van der Waals surface area contributed by atoms with Gasteiger partial charge in [0.05, 0.1) is 11.7 Å². The number of aliphatic hydroxyl groups excluding tert-OH is 1. The molecule has 7 heteroatoms. The molecule has 1 rings (SSSR count). The average molecular weight is 293 g/mol. The fourth-order valence-corrected chi connectivity index (χ4v) is 1.63. The summed E-state index contributed by atoms with van der Waals surface area (Å²) in [6.07, 6.45) is -4.34. The molecule has 0 saturated heterocycles. The molecule has 0 aromatic heterocycles. The van der Waals surface area contributed by atoms with E-state index in [1.54, 1.807) is 0 Å². The van der Waals surface area contributed by atoms with Crippen LogP contribution in [0.5, 0.6) is 0 Å². The number of carbonyl (C=O) groups excluding carboxylic acids is 1. The van der Waals surface area contributed by atoms with Gasteiger partial charge in [0.2, 0.25) is 0 Å². The molecule has 3 nitrogen and oxygen atoms in total. The van der Waals surface area contributed by atoms with Crippen molar-refractivity contribution < 1.29 is 27.5 Å². The Balaban J connectivity index is 2.81. The quantitative estimate of drug-likeness (QED) is 0.820. The van der Waals surface area contributed by atoms with Crippen LogP contribution in [0.25, 0.3) is 0 Å². The molecule has 112 valence electrons. The van der Waals surface area contributed by atoms with Gasteiger partial charge in [0.1, 0.15) is 5.82 Å². The molecule has 0 aliphatic heterocycles. The summed E-state index contributed by atoms with van der Waals surface area (Å²) in [5.74, 6) is -2.00. The van der Waals surface area contributed by atoms with Gasteiger partial charge in [-0.25, -0.2) is 4.39 Å². The Morgan fingerprint density at radius 2 is 2.00 bits per heavy atom. The smallest absolute Gasteiger partial charge is 0.391 e. The lowest BCUT2D eigenvalue weighted by molar-refractivity contribution is -0.137. The molecule has 0 fully saturated rings. The number of aliphatic hydroxyl groups is 1. The highest BCUT2D eigenvalue weighted by Gasteiger charge is 2.32. The Bertz CT molecular complexity index is 474. The Morgan fingerprint density at radius 3 is 2.55 bits per heavy atom. The van der Waals surface area contributed by atoms with Crippen molar-refractivity contribution in [3.63, 3.8) is 0 Å². The number of carbonyl (C=O) groups is 1. The van der Waals surface area contributed by atoms with E-state index in [0.29, 0.717) is 25.0 Å². The third kappa shape index (κ3) is 4.80. The minimum atomic E-state index is -4.72. The zero-order valence-electron chi connectivity index (χ0n) is 10.8. The number of alkyl halides is 3. The minimum Gasteiger partial charge on any atom is -0.391 e. The van der Waals surface area contributed by atoms with Gasteiger partial charge in [0.15, 0.2) is 0 Å². The van der Waals surface area contributed by atoms with Crippen LogP contribution in [0.3, 0.4) is 0 Å². The molecule has 1 amide bonds. The van der Waals surface area contributed by atoms with E-state index in [-0.39, 0.29) is 6.54 Å². The van der Waals surface area contributed by atoms with Crippen LogP contribution in [-0.2, 0) is 6.18 Å². The number of halogens is 4. The first kappa shape index (κ1) is 16.4. The van der Waals surface area contributed by atoms with E-state index in [1.165, 1.54) is 0 Å². The van der Waals surface area contributed by atoms with Crippen molar-refractivity contribution in [2.45, 2.75) is 32.0 Å². The highest BCUT2D eigenvalue weighted by atomic mass is 19.4. The average Bonchev–Trinajstić information content (AvgIpc) is 2.34. The second-order valence-corrected chi connectivity index (χ2v) is 4.38. The maximum atomic E-state index is 13.1. The molecule has 20 heavy (non-hydrogen) atoms. The number of hydrogen-bond acceptors (Lipinski definition) is 2. The number of rotatable bonds is 5. The van der Waals surface area contributed by atoms with Crippen LogP contribution in [0.1, 0.15) is 35.7 Å². The van der Waals surface area contributed by atoms with Crippen LogP contribution in [0.4, 0.5) is 17.6 Å². The van der Waals surface area contributed by atoms with Gasteiger partial charge in [-0.05, 0) is 24.6 Å². The summed E-state index contributed by atoms with van der Waals surface area (Å²) < 4.78 is 50.6. The monoisotopic (exact) mass is 293 g/mol. The van der Waals surface area contributed by atoms with Gasteiger partial charge < -0.3 is 10.4 Å². The Hall–Kier alpha value is -1.63. The van der Waals surface area contributed by atoms with Crippen LogP contribution in [0.15, 0.2) is 18.2 Å². The van der Waals surface area contributed by atoms with Gasteiger partial charge in [0, 0.05) is 12.1 Å². The predicted octanol–water partition coefficient (Wildman–Crippen LogP) is 2.74. The van der Waals surface area contributed by atoms with E-state index in [0.717, 1.165) is 6.07 Å². The van der Waals surface area contributed by atoms with Gasteiger partial charge in [-0.1, -0.05) is 13.3 Å². The van der Waals surface area contributed by atoms with Crippen LogP contribution in [-0.4, -0.2) is 23.7 Å². The highest BCUT2D eigenvalue weighted by Crippen LogP contribution is 2.30. The molecule has 1 aromatic rings. The summed E-state index contributed by atoms with van der Waals surface area (Å²) in [7, 11) is 0. The fourth-order valence-electron chi connectivity index (χ4n) is 1.63. The SMILES string of the molecule is CCCC(O)CNC(=O)c1cc(F)cc(C(F)(F)F)c1. The van der Waals surface area contributed by atoms with Crippen LogP contribution < -0.4 is 5.32 Å². The van der Waals surface area contributed by atoms with E-state index in [1.807, 2.05) is 6.92 Å². The topological polar surface area (TPSA) is 49.3 Å². The summed E-state index contributed by atoms with van der Waals surface area (Å²) in [4.78, 5) is 11.6. The maximum absolute atomic E-state index is 13.1. The zero-order valence-corrected chi connectivity index (χ0v) is 10.8. The van der Waals surface area contributed by atoms with Crippen molar-refractivity contribution in [2.24, 2.45) is 0 Å². The molecule has 1 unspecified atom stereocenters. The van der Waals surface area contributed by atoms with E-state index in [4.69, 9.17) is 0 Å². The Kier molecular flexibility index (Phi) is 5.50. The summed E-state index contributed by atoms with van der Waals surface area (Å²) >= 11 is 0. The molecule has 0 aliphatic carbocycles. The molecule has 2 N–H and O–H groups in total. The van der Waals surface area contributed by atoms with Crippen LogP contribution in [0, 0.1) is 5.82 Å². The van der Waals surface area contributed by atoms with Crippen LogP contribution in [0.2, 0.25) is 0 Å². The van der Waals surface area contributed by atoms with Crippen molar-refractivity contribution in [2.75, 3.05) is 6.54 Å². The third-order valence-corrected chi connectivity index (χ3v) is 2.61. The molecular weight excluding hydrogens is 278 g/mol. The number of benzene rings is 1. The molecule has 0 spiro atoms. The van der Waals surface area contributed by atoms with Gasteiger partial charge >= 0.3 is 6.18 Å². The second kappa shape index (κ2) is 6.69. The number of amides is 1. The fraction of sp³-hybridized carbons (Fsp3) is 0.462. The maximum Gasteiger partial charge on any atom is 0.416 e. The lowest BCUT2D eigenvalue weighted by Gasteiger charge is -2.12. The first-order valence-electron chi connectivity index (χ1n) is 6.08. The molecule has 0 saturated carbocycles. The summed E-state index contributed by atoms with van der Waals surface area (Å²) in [6.45, 7) is 1.75. The van der Waals surface area contributed by atoms with Gasteiger partial charge in [0.25, 0.3) is 5.91 Å². The van der Waals surface area contributed by atoms with E-state index >= 15 is 0 Å². The first-order chi connectivity index (χ1) is 9.24. The Morgan fingerprint density at radius 1 is 1.35 bits per heavy atom. The summed E-state index contributed by atoms with van der Waals surface area (Å²) in [5, 5.41) is 11.7. The van der Waals surface area contributed by atoms with Crippen molar-refractivity contribution in [3.8, 4) is 0 Å². The lowest BCUT2D eigenvalue weighted by atomic mass is 10.1. The molecule has 1 atom stereocenters. The number of nitrogens with one attached hydrogen (secondary N) is 1. The van der Waals surface area contributed by atoms with Crippen molar-refractivity contribution >= 4 is 5.91 Å². The lowest BCUT2D eigenvalue weighted by Crippen LogP contribution is -2.32. The highest BCUT2D eigenvalue weighted by molar-refractivity contribution is 5.94. The second-order valence-electron chi connectivity index (χ2n) is 4.38. The van der Waals surface area contributed by atoms with Crippen molar-refractivity contribution in [3.05, 3.63) is 35.1 Å². The zero-order chi connectivity index (χ0) is 15.3. The van der Waals surface area contributed by atoms with E-state index in [2.05, 4.69) is 5.32 Å². The normalized spacial score (nSPS) is 13.1.